The van der Waals surface area contributed by atoms with Crippen LogP contribution in [0.2, 0.25) is 0 Å². The Bertz CT molecular complexity index is 1100. The molecule has 2 aromatic carbocycles. The maximum Gasteiger partial charge on any atom is 0.337 e. The highest BCUT2D eigenvalue weighted by atomic mass is 32.2. The van der Waals surface area contributed by atoms with Crippen LogP contribution in [-0.4, -0.2) is 51.8 Å². The summed E-state index contributed by atoms with van der Waals surface area (Å²) in [6.45, 7) is 0.884. The van der Waals surface area contributed by atoms with Crippen LogP contribution >= 0.6 is 12.2 Å². The average molecular weight is 478 g/mol. The molecule has 1 aliphatic heterocycles. The molecule has 1 aliphatic rings. The zero-order valence-electron chi connectivity index (χ0n) is 17.3. The monoisotopic (exact) mass is 477 g/mol. The summed E-state index contributed by atoms with van der Waals surface area (Å²) in [5.74, 6) is -1.06. The molecule has 0 aromatic heterocycles. The molecule has 2 aromatic rings. The number of nitrogens with one attached hydrogen (secondary N) is 3. The minimum Gasteiger partial charge on any atom is -0.465 e. The summed E-state index contributed by atoms with van der Waals surface area (Å²) in [4.78, 5) is 24.1. The number of carbonyl (C=O) groups is 2. The van der Waals surface area contributed by atoms with Crippen LogP contribution in [0.3, 0.4) is 0 Å². The summed E-state index contributed by atoms with van der Waals surface area (Å²) in [5.41, 5.74) is 0.969. The van der Waals surface area contributed by atoms with Gasteiger partial charge in [-0.15, -0.1) is 0 Å². The number of ether oxygens (including phenoxy) is 2. The molecule has 32 heavy (non-hydrogen) atoms. The number of carbonyl (C=O) groups excluding carboxylic acids is 2. The second-order valence-corrected chi connectivity index (χ2v) is 9.17. The number of rotatable bonds is 7. The predicted molar refractivity (Wildman–Crippen MR) is 122 cm³/mol. The van der Waals surface area contributed by atoms with Gasteiger partial charge in [0.15, 0.2) is 5.11 Å². The molecule has 9 nitrogen and oxygen atoms in total. The second kappa shape index (κ2) is 10.6. The highest BCUT2D eigenvalue weighted by Crippen LogP contribution is 2.16. The van der Waals surface area contributed by atoms with Gasteiger partial charge in [0.2, 0.25) is 10.0 Å². The molecule has 0 saturated carbocycles. The van der Waals surface area contributed by atoms with Gasteiger partial charge in [-0.25, -0.2) is 17.9 Å². The van der Waals surface area contributed by atoms with Gasteiger partial charge in [-0.05, 0) is 67.5 Å². The lowest BCUT2D eigenvalue weighted by Gasteiger charge is -2.13. The topological polar surface area (TPSA) is 123 Å². The molecular weight excluding hydrogens is 454 g/mol. The summed E-state index contributed by atoms with van der Waals surface area (Å²) in [7, 11) is -2.40. The molecule has 0 aliphatic carbocycles. The maximum absolute atomic E-state index is 12.4. The molecule has 170 valence electrons. The van der Waals surface area contributed by atoms with Crippen molar-refractivity contribution in [3.8, 4) is 0 Å². The lowest BCUT2D eigenvalue weighted by atomic mass is 10.1. The van der Waals surface area contributed by atoms with Crippen LogP contribution in [-0.2, 0) is 19.5 Å². The SMILES string of the molecule is COC(=O)c1cccc(C(=O)NC(=S)Nc2ccc(S(=O)(=O)NCC3CCCO3)cc2)c1. The molecular formula is C21H23N3O6S2. The average Bonchev–Trinajstić information content (AvgIpc) is 3.31. The van der Waals surface area contributed by atoms with E-state index in [1.165, 1.54) is 49.6 Å². The minimum atomic E-state index is -3.66. The van der Waals surface area contributed by atoms with E-state index in [-0.39, 0.29) is 33.8 Å². The van der Waals surface area contributed by atoms with E-state index < -0.39 is 21.9 Å². The standard InChI is InChI=1S/C21H23N3O6S2/c1-29-20(26)15-5-2-4-14(12-15)19(25)24-21(31)23-16-7-9-18(10-8-16)32(27,28)22-13-17-6-3-11-30-17/h2,4-5,7-10,12,17,22H,3,6,11,13H2,1H3,(H2,23,24,25,31). The van der Waals surface area contributed by atoms with Gasteiger partial charge < -0.3 is 14.8 Å². The molecule has 3 rings (SSSR count). The molecule has 11 heteroatoms. The molecule has 1 heterocycles. The third-order valence-corrected chi connectivity index (χ3v) is 6.36. The summed E-state index contributed by atoms with van der Waals surface area (Å²) in [5, 5.41) is 5.35. The van der Waals surface area contributed by atoms with Gasteiger partial charge in [0.1, 0.15) is 0 Å². The van der Waals surface area contributed by atoms with Crippen molar-refractivity contribution in [2.75, 3.05) is 25.6 Å². The zero-order valence-corrected chi connectivity index (χ0v) is 18.9. The van der Waals surface area contributed by atoms with E-state index >= 15 is 0 Å². The summed E-state index contributed by atoms with van der Waals surface area (Å²) in [6, 6.07) is 12.0. The van der Waals surface area contributed by atoms with Crippen LogP contribution in [0.15, 0.2) is 53.4 Å². The van der Waals surface area contributed by atoms with Crippen molar-refractivity contribution in [3.05, 3.63) is 59.7 Å². The highest BCUT2D eigenvalue weighted by molar-refractivity contribution is 7.89. The fourth-order valence-corrected chi connectivity index (χ4v) is 4.33. The van der Waals surface area contributed by atoms with Crippen LogP contribution < -0.4 is 15.4 Å². The van der Waals surface area contributed by atoms with Crippen LogP contribution in [0.4, 0.5) is 5.69 Å². The third kappa shape index (κ3) is 6.33. The summed E-state index contributed by atoms with van der Waals surface area (Å²) < 4.78 is 37.5. The van der Waals surface area contributed by atoms with Crippen molar-refractivity contribution in [2.45, 2.75) is 23.8 Å². The van der Waals surface area contributed by atoms with Gasteiger partial charge >= 0.3 is 5.97 Å². The predicted octanol–water partition coefficient (Wildman–Crippen LogP) is 2.06. The van der Waals surface area contributed by atoms with Crippen LogP contribution in [0.25, 0.3) is 0 Å². The zero-order chi connectivity index (χ0) is 23.1. The summed E-state index contributed by atoms with van der Waals surface area (Å²) in [6.07, 6.45) is 1.67. The number of hydrogen-bond donors (Lipinski definition) is 3. The van der Waals surface area contributed by atoms with E-state index in [4.69, 9.17) is 17.0 Å². The molecule has 1 atom stereocenters. The molecule has 0 spiro atoms. The second-order valence-electron chi connectivity index (χ2n) is 6.99. The number of sulfonamides is 1. The Hall–Kier alpha value is -2.86. The fraction of sp³-hybridized carbons (Fsp3) is 0.286. The fourth-order valence-electron chi connectivity index (χ4n) is 3.05. The molecule has 3 N–H and O–H groups in total. The first kappa shape index (κ1) is 23.8. The van der Waals surface area contributed by atoms with Gasteiger partial charge in [0, 0.05) is 24.4 Å². The van der Waals surface area contributed by atoms with Gasteiger partial charge in [-0.1, -0.05) is 6.07 Å². The van der Waals surface area contributed by atoms with Crippen molar-refractivity contribution in [1.29, 1.82) is 0 Å². The first-order valence-electron chi connectivity index (χ1n) is 9.80. The van der Waals surface area contributed by atoms with E-state index in [1.807, 2.05) is 0 Å². The Kier molecular flexibility index (Phi) is 7.91. The van der Waals surface area contributed by atoms with E-state index in [1.54, 1.807) is 6.07 Å². The molecule has 0 radical (unpaired) electrons. The van der Waals surface area contributed by atoms with Crippen molar-refractivity contribution in [3.63, 3.8) is 0 Å². The normalized spacial score (nSPS) is 15.7. The Balaban J connectivity index is 1.56. The van der Waals surface area contributed by atoms with Crippen molar-refractivity contribution in [1.82, 2.24) is 10.0 Å². The van der Waals surface area contributed by atoms with E-state index in [0.29, 0.717) is 12.3 Å². The van der Waals surface area contributed by atoms with E-state index in [2.05, 4.69) is 20.1 Å². The van der Waals surface area contributed by atoms with Crippen molar-refractivity contribution >= 4 is 44.9 Å². The van der Waals surface area contributed by atoms with Crippen LogP contribution in [0, 0.1) is 0 Å². The van der Waals surface area contributed by atoms with Gasteiger partial charge in [0.25, 0.3) is 5.91 Å². The maximum atomic E-state index is 12.4. The minimum absolute atomic E-state index is 0.0191. The number of methoxy groups -OCH3 is 1. The largest absolute Gasteiger partial charge is 0.465 e. The number of esters is 1. The molecule has 1 amide bonds. The first-order valence-corrected chi connectivity index (χ1v) is 11.7. The molecule has 1 fully saturated rings. The van der Waals surface area contributed by atoms with E-state index in [9.17, 15) is 18.0 Å². The Labute approximate surface area is 191 Å². The number of anilines is 1. The lowest BCUT2D eigenvalue weighted by Crippen LogP contribution is -2.34. The lowest BCUT2D eigenvalue weighted by molar-refractivity contribution is 0.0600. The van der Waals surface area contributed by atoms with Crippen LogP contribution in [0.5, 0.6) is 0 Å². The van der Waals surface area contributed by atoms with E-state index in [0.717, 1.165) is 12.8 Å². The van der Waals surface area contributed by atoms with Gasteiger partial charge in [-0.2, -0.15) is 0 Å². The van der Waals surface area contributed by atoms with Gasteiger partial charge in [-0.3, -0.25) is 10.1 Å². The van der Waals surface area contributed by atoms with Gasteiger partial charge in [0.05, 0.1) is 23.7 Å². The first-order chi connectivity index (χ1) is 15.3. The Morgan fingerprint density at radius 3 is 2.53 bits per heavy atom. The Morgan fingerprint density at radius 2 is 1.88 bits per heavy atom. The number of amides is 1. The quantitative estimate of drug-likeness (QED) is 0.409. The Morgan fingerprint density at radius 1 is 1.16 bits per heavy atom. The molecule has 1 saturated heterocycles. The number of benzene rings is 2. The number of hydrogen-bond acceptors (Lipinski definition) is 7. The van der Waals surface area contributed by atoms with Crippen molar-refractivity contribution < 1.29 is 27.5 Å². The molecule has 1 unspecified atom stereocenters. The summed E-state index contributed by atoms with van der Waals surface area (Å²) >= 11 is 5.15. The highest BCUT2D eigenvalue weighted by Gasteiger charge is 2.20. The molecule has 0 bridgehead atoms. The third-order valence-electron chi connectivity index (χ3n) is 4.72. The number of thiocarbonyl (C=S) groups is 1. The smallest absolute Gasteiger partial charge is 0.337 e. The van der Waals surface area contributed by atoms with Crippen molar-refractivity contribution in [2.24, 2.45) is 0 Å². The van der Waals surface area contributed by atoms with Crippen LogP contribution in [0.1, 0.15) is 33.6 Å².